The molecule has 2 N–H and O–H groups in total. The fourth-order valence-corrected chi connectivity index (χ4v) is 2.55. The van der Waals surface area contributed by atoms with Crippen LogP contribution in [-0.2, 0) is 0 Å². The second-order valence-corrected chi connectivity index (χ2v) is 5.23. The molecule has 0 radical (unpaired) electrons. The van der Waals surface area contributed by atoms with E-state index in [2.05, 4.69) is 16.0 Å². The molecule has 102 valence electrons. The van der Waals surface area contributed by atoms with Gasteiger partial charge >= 0.3 is 0 Å². The van der Waals surface area contributed by atoms with E-state index in [-0.39, 0.29) is 6.04 Å². The summed E-state index contributed by atoms with van der Waals surface area (Å²) in [4.78, 5) is 10.7. The summed E-state index contributed by atoms with van der Waals surface area (Å²) in [6.45, 7) is 2.60. The largest absolute Gasteiger partial charge is 0.369 e. The second-order valence-electron chi connectivity index (χ2n) is 4.80. The van der Waals surface area contributed by atoms with Gasteiger partial charge in [0.15, 0.2) is 5.96 Å². The fourth-order valence-electron chi connectivity index (χ4n) is 2.37. The molecule has 1 unspecified atom stereocenters. The average molecular weight is 287 g/mol. The van der Waals surface area contributed by atoms with Crippen LogP contribution >= 0.6 is 11.6 Å². The van der Waals surface area contributed by atoms with E-state index in [0.29, 0.717) is 17.5 Å². The van der Waals surface area contributed by atoms with Crippen LogP contribution in [-0.4, -0.2) is 17.5 Å². The van der Waals surface area contributed by atoms with E-state index in [1.165, 1.54) is 0 Å². The molecule has 1 aromatic carbocycles. The summed E-state index contributed by atoms with van der Waals surface area (Å²) in [5.74, 6) is 0.512. The van der Waals surface area contributed by atoms with Crippen LogP contribution in [0.25, 0.3) is 0 Å². The average Bonchev–Trinajstić information content (AvgIpc) is 2.81. The highest BCUT2D eigenvalue weighted by atomic mass is 35.5. The molecule has 0 amide bonds. The SMILES string of the molecule is Cc1ccc(C2CN=C(N)N2c2cccc(Cl)c2)cn1. The highest BCUT2D eigenvalue weighted by Crippen LogP contribution is 2.32. The Morgan fingerprint density at radius 3 is 2.85 bits per heavy atom. The number of hydrogen-bond donors (Lipinski definition) is 1. The van der Waals surface area contributed by atoms with Gasteiger partial charge in [0.25, 0.3) is 0 Å². The van der Waals surface area contributed by atoms with Crippen molar-refractivity contribution in [3.63, 3.8) is 0 Å². The maximum Gasteiger partial charge on any atom is 0.196 e. The van der Waals surface area contributed by atoms with Crippen LogP contribution < -0.4 is 10.6 Å². The van der Waals surface area contributed by atoms with Gasteiger partial charge in [-0.1, -0.05) is 23.7 Å². The third-order valence-electron chi connectivity index (χ3n) is 3.39. The Balaban J connectivity index is 1.98. The number of nitrogens with zero attached hydrogens (tertiary/aromatic N) is 3. The Hall–Kier alpha value is -2.07. The predicted molar refractivity (Wildman–Crippen MR) is 82.1 cm³/mol. The summed E-state index contributed by atoms with van der Waals surface area (Å²) in [5.41, 5.74) is 9.07. The molecule has 1 aromatic heterocycles. The molecule has 0 aliphatic carbocycles. The molecule has 1 aliphatic rings. The monoisotopic (exact) mass is 286 g/mol. The molecule has 2 aromatic rings. The number of nitrogens with two attached hydrogens (primary N) is 1. The first-order valence-corrected chi connectivity index (χ1v) is 6.80. The zero-order chi connectivity index (χ0) is 14.1. The van der Waals surface area contributed by atoms with Crippen molar-refractivity contribution >= 4 is 23.2 Å². The third-order valence-corrected chi connectivity index (χ3v) is 3.63. The third kappa shape index (κ3) is 2.34. The molecule has 2 heterocycles. The zero-order valence-electron chi connectivity index (χ0n) is 11.1. The smallest absolute Gasteiger partial charge is 0.196 e. The van der Waals surface area contributed by atoms with Crippen molar-refractivity contribution in [2.24, 2.45) is 10.7 Å². The number of anilines is 1. The molecule has 0 bridgehead atoms. The number of guanidine groups is 1. The minimum atomic E-state index is 0.0709. The topological polar surface area (TPSA) is 54.5 Å². The molecule has 4 nitrogen and oxygen atoms in total. The van der Waals surface area contributed by atoms with E-state index in [1.54, 1.807) is 0 Å². The maximum atomic E-state index is 6.07. The van der Waals surface area contributed by atoms with E-state index in [1.807, 2.05) is 48.4 Å². The molecule has 0 saturated heterocycles. The minimum Gasteiger partial charge on any atom is -0.369 e. The Kier molecular flexibility index (Phi) is 3.32. The minimum absolute atomic E-state index is 0.0709. The number of hydrogen-bond acceptors (Lipinski definition) is 4. The number of benzene rings is 1. The first-order chi connectivity index (χ1) is 9.65. The van der Waals surface area contributed by atoms with E-state index in [9.17, 15) is 0 Å². The van der Waals surface area contributed by atoms with E-state index in [0.717, 1.165) is 16.9 Å². The fraction of sp³-hybridized carbons (Fsp3) is 0.200. The number of aryl methyl sites for hydroxylation is 1. The predicted octanol–water partition coefficient (Wildman–Crippen LogP) is 2.92. The first kappa shape index (κ1) is 12.9. The zero-order valence-corrected chi connectivity index (χ0v) is 11.9. The summed E-state index contributed by atoms with van der Waals surface area (Å²) < 4.78 is 0. The molecule has 1 aliphatic heterocycles. The van der Waals surface area contributed by atoms with Gasteiger partial charge in [0.05, 0.1) is 12.6 Å². The van der Waals surface area contributed by atoms with Gasteiger partial charge in [-0.3, -0.25) is 9.98 Å². The van der Waals surface area contributed by atoms with Crippen LogP contribution in [0.5, 0.6) is 0 Å². The molecule has 5 heteroatoms. The van der Waals surface area contributed by atoms with Crippen molar-refractivity contribution in [1.29, 1.82) is 0 Å². The quantitative estimate of drug-likeness (QED) is 0.923. The standard InChI is InChI=1S/C15H15ClN4/c1-10-5-6-11(8-18-10)14-9-19-15(17)20(14)13-4-2-3-12(16)7-13/h2-8,14H,9H2,1H3,(H2,17,19). The highest BCUT2D eigenvalue weighted by molar-refractivity contribution is 6.30. The van der Waals surface area contributed by atoms with Crippen molar-refractivity contribution < 1.29 is 0 Å². The lowest BCUT2D eigenvalue weighted by Crippen LogP contribution is -2.36. The second kappa shape index (κ2) is 5.13. The Morgan fingerprint density at radius 2 is 2.15 bits per heavy atom. The summed E-state index contributed by atoms with van der Waals surface area (Å²) in [5, 5.41) is 0.683. The Labute approximate surface area is 122 Å². The summed E-state index contributed by atoms with van der Waals surface area (Å²) in [6.07, 6.45) is 1.88. The first-order valence-electron chi connectivity index (χ1n) is 6.42. The Bertz CT molecular complexity index is 651. The molecule has 20 heavy (non-hydrogen) atoms. The molecule has 1 atom stereocenters. The molecular weight excluding hydrogens is 272 g/mol. The van der Waals surface area contributed by atoms with Gasteiger partial charge in [0.1, 0.15) is 0 Å². The van der Waals surface area contributed by atoms with Crippen molar-refractivity contribution in [1.82, 2.24) is 4.98 Å². The maximum absolute atomic E-state index is 6.07. The summed E-state index contributed by atoms with van der Waals surface area (Å²) >= 11 is 6.07. The van der Waals surface area contributed by atoms with Gasteiger partial charge in [-0.05, 0) is 36.8 Å². The van der Waals surface area contributed by atoms with Gasteiger partial charge in [-0.15, -0.1) is 0 Å². The van der Waals surface area contributed by atoms with Gasteiger partial charge < -0.3 is 10.6 Å². The van der Waals surface area contributed by atoms with E-state index in [4.69, 9.17) is 17.3 Å². The van der Waals surface area contributed by atoms with Crippen LogP contribution in [0, 0.1) is 6.92 Å². The lowest BCUT2D eigenvalue weighted by atomic mass is 10.1. The molecule has 0 fully saturated rings. The van der Waals surface area contributed by atoms with E-state index >= 15 is 0 Å². The number of aromatic nitrogens is 1. The number of pyridine rings is 1. The highest BCUT2D eigenvalue weighted by Gasteiger charge is 2.29. The number of aliphatic imine (C=N–C) groups is 1. The lowest BCUT2D eigenvalue weighted by molar-refractivity contribution is 0.763. The van der Waals surface area contributed by atoms with Crippen LogP contribution in [0.15, 0.2) is 47.6 Å². The summed E-state index contributed by atoms with van der Waals surface area (Å²) in [7, 11) is 0. The van der Waals surface area contributed by atoms with Crippen LogP contribution in [0.2, 0.25) is 5.02 Å². The van der Waals surface area contributed by atoms with Crippen molar-refractivity contribution in [3.05, 3.63) is 58.9 Å². The van der Waals surface area contributed by atoms with Crippen LogP contribution in [0.1, 0.15) is 17.3 Å². The normalized spacial score (nSPS) is 18.2. The van der Waals surface area contributed by atoms with Gasteiger partial charge in [-0.25, -0.2) is 0 Å². The van der Waals surface area contributed by atoms with Gasteiger partial charge in [-0.2, -0.15) is 0 Å². The summed E-state index contributed by atoms with van der Waals surface area (Å²) in [6, 6.07) is 11.8. The number of rotatable bonds is 2. The molecule has 0 saturated carbocycles. The van der Waals surface area contributed by atoms with Gasteiger partial charge in [0, 0.05) is 22.6 Å². The molecule has 0 spiro atoms. The van der Waals surface area contributed by atoms with E-state index < -0.39 is 0 Å². The van der Waals surface area contributed by atoms with Crippen molar-refractivity contribution in [3.8, 4) is 0 Å². The number of halogens is 1. The van der Waals surface area contributed by atoms with Crippen LogP contribution in [0.3, 0.4) is 0 Å². The van der Waals surface area contributed by atoms with Crippen LogP contribution in [0.4, 0.5) is 5.69 Å². The Morgan fingerprint density at radius 1 is 1.30 bits per heavy atom. The molecule has 3 rings (SSSR count). The van der Waals surface area contributed by atoms with Gasteiger partial charge in [0.2, 0.25) is 0 Å². The van der Waals surface area contributed by atoms with Crippen molar-refractivity contribution in [2.45, 2.75) is 13.0 Å². The van der Waals surface area contributed by atoms with Crippen molar-refractivity contribution in [2.75, 3.05) is 11.4 Å². The lowest BCUT2D eigenvalue weighted by Gasteiger charge is -2.26. The molecular formula is C15H15ClN4.